The van der Waals surface area contributed by atoms with Gasteiger partial charge >= 0.3 is 0 Å². The van der Waals surface area contributed by atoms with Crippen LogP contribution in [0.3, 0.4) is 0 Å². The minimum atomic E-state index is -0.289. The largest absolute Gasteiger partial charge is 0.339 e. The van der Waals surface area contributed by atoms with Crippen LogP contribution in [0.1, 0.15) is 28.3 Å². The molecule has 3 rings (SSSR count). The third kappa shape index (κ3) is 3.08. The number of carbonyl (C=O) groups is 2. The Morgan fingerprint density at radius 1 is 1.29 bits per heavy atom. The Morgan fingerprint density at radius 3 is 2.71 bits per heavy atom. The first-order valence-electron chi connectivity index (χ1n) is 7.26. The van der Waals surface area contributed by atoms with E-state index in [-0.39, 0.29) is 17.9 Å². The monoisotopic (exact) mass is 325 g/mol. The van der Waals surface area contributed by atoms with Crippen molar-refractivity contribution < 1.29 is 9.59 Å². The van der Waals surface area contributed by atoms with Gasteiger partial charge in [0.25, 0.3) is 5.91 Å². The molecule has 2 aliphatic heterocycles. The third-order valence-corrected chi connectivity index (χ3v) is 5.68. The standard InChI is InChI=1S/C14H19N3O2S2/c1-10-15-11(9-21-10)13(18)17-4-2-3-12(17)14(19)16-5-7-20-8-6-16/h9,12H,2-8H2,1H3. The topological polar surface area (TPSA) is 53.5 Å². The predicted molar refractivity (Wildman–Crippen MR) is 84.8 cm³/mol. The third-order valence-electron chi connectivity index (χ3n) is 3.96. The lowest BCUT2D eigenvalue weighted by Crippen LogP contribution is -2.50. The summed E-state index contributed by atoms with van der Waals surface area (Å²) in [6, 6.07) is -0.289. The maximum absolute atomic E-state index is 12.7. The molecule has 3 heterocycles. The van der Waals surface area contributed by atoms with Gasteiger partial charge in [-0.2, -0.15) is 11.8 Å². The molecule has 0 N–H and O–H groups in total. The van der Waals surface area contributed by atoms with Crippen molar-refractivity contribution in [1.82, 2.24) is 14.8 Å². The summed E-state index contributed by atoms with van der Waals surface area (Å²) < 4.78 is 0. The smallest absolute Gasteiger partial charge is 0.274 e. The molecule has 0 aliphatic carbocycles. The van der Waals surface area contributed by atoms with E-state index >= 15 is 0 Å². The molecule has 0 spiro atoms. The Bertz CT molecular complexity index is 540. The molecule has 2 fully saturated rings. The van der Waals surface area contributed by atoms with Gasteiger partial charge in [-0.25, -0.2) is 4.98 Å². The van der Waals surface area contributed by atoms with Gasteiger partial charge in [-0.3, -0.25) is 9.59 Å². The molecule has 7 heteroatoms. The lowest BCUT2D eigenvalue weighted by atomic mass is 10.2. The number of hydrogen-bond acceptors (Lipinski definition) is 5. The number of thiazole rings is 1. The lowest BCUT2D eigenvalue weighted by molar-refractivity contribution is -0.134. The van der Waals surface area contributed by atoms with Crippen LogP contribution >= 0.6 is 23.1 Å². The van der Waals surface area contributed by atoms with Gasteiger partial charge in [0.2, 0.25) is 5.91 Å². The number of nitrogens with zero attached hydrogens (tertiary/aromatic N) is 3. The molecule has 21 heavy (non-hydrogen) atoms. The number of hydrogen-bond donors (Lipinski definition) is 0. The zero-order valence-corrected chi connectivity index (χ0v) is 13.7. The van der Waals surface area contributed by atoms with Crippen molar-refractivity contribution in [3.8, 4) is 0 Å². The van der Waals surface area contributed by atoms with E-state index in [2.05, 4.69) is 4.98 Å². The first kappa shape index (κ1) is 14.8. The summed E-state index contributed by atoms with van der Waals surface area (Å²) in [5.41, 5.74) is 0.478. The highest BCUT2D eigenvalue weighted by atomic mass is 32.2. The van der Waals surface area contributed by atoms with Gasteiger partial charge in [0.1, 0.15) is 11.7 Å². The second kappa shape index (κ2) is 6.36. The van der Waals surface area contributed by atoms with E-state index in [0.29, 0.717) is 12.2 Å². The van der Waals surface area contributed by atoms with Crippen LogP contribution < -0.4 is 0 Å². The highest BCUT2D eigenvalue weighted by Crippen LogP contribution is 2.23. The van der Waals surface area contributed by atoms with Crippen molar-refractivity contribution in [2.75, 3.05) is 31.1 Å². The molecule has 114 valence electrons. The minimum Gasteiger partial charge on any atom is -0.339 e. The molecule has 1 aromatic rings. The number of carbonyl (C=O) groups excluding carboxylic acids is 2. The Morgan fingerprint density at radius 2 is 2.05 bits per heavy atom. The molecule has 2 amide bonds. The summed E-state index contributed by atoms with van der Waals surface area (Å²) in [6.07, 6.45) is 1.67. The van der Waals surface area contributed by atoms with Gasteiger partial charge in [-0.1, -0.05) is 0 Å². The summed E-state index contributed by atoms with van der Waals surface area (Å²) in [7, 11) is 0. The van der Waals surface area contributed by atoms with Crippen molar-refractivity contribution >= 4 is 34.9 Å². The van der Waals surface area contributed by atoms with Crippen LogP contribution in [0.5, 0.6) is 0 Å². The van der Waals surface area contributed by atoms with Gasteiger partial charge in [-0.15, -0.1) is 11.3 Å². The normalized spacial score (nSPS) is 22.6. The second-order valence-electron chi connectivity index (χ2n) is 5.35. The van der Waals surface area contributed by atoms with Crippen molar-refractivity contribution in [2.24, 2.45) is 0 Å². The highest BCUT2D eigenvalue weighted by Gasteiger charge is 2.37. The SMILES string of the molecule is Cc1nc(C(=O)N2CCCC2C(=O)N2CCSCC2)cs1. The number of aryl methyl sites for hydroxylation is 1. The van der Waals surface area contributed by atoms with Crippen molar-refractivity contribution in [3.05, 3.63) is 16.1 Å². The molecule has 0 radical (unpaired) electrons. The highest BCUT2D eigenvalue weighted by molar-refractivity contribution is 7.99. The van der Waals surface area contributed by atoms with Gasteiger partial charge < -0.3 is 9.80 Å². The second-order valence-corrected chi connectivity index (χ2v) is 7.63. The Kier molecular flexibility index (Phi) is 4.49. The molecule has 1 atom stereocenters. The molecule has 1 unspecified atom stereocenters. The van der Waals surface area contributed by atoms with E-state index in [0.717, 1.165) is 42.4 Å². The summed E-state index contributed by atoms with van der Waals surface area (Å²) in [5, 5.41) is 2.67. The summed E-state index contributed by atoms with van der Waals surface area (Å²) in [4.78, 5) is 33.1. The summed E-state index contributed by atoms with van der Waals surface area (Å²) in [5.74, 6) is 2.02. The zero-order chi connectivity index (χ0) is 14.8. The fraction of sp³-hybridized carbons (Fsp3) is 0.643. The maximum Gasteiger partial charge on any atom is 0.274 e. The van der Waals surface area contributed by atoms with E-state index in [1.54, 1.807) is 10.3 Å². The van der Waals surface area contributed by atoms with Gasteiger partial charge in [0.15, 0.2) is 0 Å². The fourth-order valence-corrected chi connectivity index (χ4v) is 4.36. The van der Waals surface area contributed by atoms with E-state index in [1.165, 1.54) is 11.3 Å². The molecular formula is C14H19N3O2S2. The molecule has 0 aromatic carbocycles. The fourth-order valence-electron chi connectivity index (χ4n) is 2.87. The van der Waals surface area contributed by atoms with Gasteiger partial charge in [-0.05, 0) is 19.8 Å². The van der Waals surface area contributed by atoms with E-state index in [4.69, 9.17) is 0 Å². The number of likely N-dealkylation sites (tertiary alicyclic amines) is 1. The van der Waals surface area contributed by atoms with Crippen LogP contribution in [-0.2, 0) is 4.79 Å². The average molecular weight is 325 g/mol. The van der Waals surface area contributed by atoms with Crippen LogP contribution in [0.15, 0.2) is 5.38 Å². The lowest BCUT2D eigenvalue weighted by Gasteiger charge is -2.32. The van der Waals surface area contributed by atoms with E-state index in [1.807, 2.05) is 23.6 Å². The number of rotatable bonds is 2. The van der Waals surface area contributed by atoms with Crippen LogP contribution in [0.2, 0.25) is 0 Å². The van der Waals surface area contributed by atoms with Gasteiger partial charge in [0, 0.05) is 36.5 Å². The van der Waals surface area contributed by atoms with Crippen LogP contribution in [-0.4, -0.2) is 63.8 Å². The number of aromatic nitrogens is 1. The van der Waals surface area contributed by atoms with Crippen molar-refractivity contribution in [3.63, 3.8) is 0 Å². The predicted octanol–water partition coefficient (Wildman–Crippen LogP) is 1.63. The van der Waals surface area contributed by atoms with E-state index < -0.39 is 0 Å². The van der Waals surface area contributed by atoms with Crippen LogP contribution in [0, 0.1) is 6.92 Å². The Balaban J connectivity index is 1.72. The quantitative estimate of drug-likeness (QED) is 0.829. The first-order valence-corrected chi connectivity index (χ1v) is 9.30. The summed E-state index contributed by atoms with van der Waals surface area (Å²) in [6.45, 7) is 4.16. The molecule has 2 aliphatic rings. The van der Waals surface area contributed by atoms with E-state index in [9.17, 15) is 9.59 Å². The molecular weight excluding hydrogens is 306 g/mol. The van der Waals surface area contributed by atoms with Crippen LogP contribution in [0.4, 0.5) is 0 Å². The average Bonchev–Trinajstić information content (AvgIpc) is 3.15. The number of thioether (sulfide) groups is 1. The zero-order valence-electron chi connectivity index (χ0n) is 12.1. The van der Waals surface area contributed by atoms with Crippen molar-refractivity contribution in [2.45, 2.75) is 25.8 Å². The molecule has 0 bridgehead atoms. The van der Waals surface area contributed by atoms with Crippen molar-refractivity contribution in [1.29, 1.82) is 0 Å². The minimum absolute atomic E-state index is 0.0958. The number of amides is 2. The Labute approximate surface area is 132 Å². The first-order chi connectivity index (χ1) is 10.2. The molecule has 2 saturated heterocycles. The summed E-state index contributed by atoms with van der Waals surface area (Å²) >= 11 is 3.35. The van der Waals surface area contributed by atoms with Crippen LogP contribution in [0.25, 0.3) is 0 Å². The molecule has 5 nitrogen and oxygen atoms in total. The molecule has 1 aromatic heterocycles. The maximum atomic E-state index is 12.7. The van der Waals surface area contributed by atoms with Gasteiger partial charge in [0.05, 0.1) is 5.01 Å². The molecule has 0 saturated carbocycles. The Hall–Kier alpha value is -1.08.